The van der Waals surface area contributed by atoms with E-state index < -0.39 is 11.6 Å². The van der Waals surface area contributed by atoms with Crippen LogP contribution in [0.3, 0.4) is 0 Å². The number of benzene rings is 1. The first-order valence-electron chi connectivity index (χ1n) is 6.62. The van der Waals surface area contributed by atoms with E-state index in [2.05, 4.69) is 17.1 Å². The number of nitrogens with zero attached hydrogens (tertiary/aromatic N) is 1. The molecule has 106 valence electrons. The third-order valence-corrected chi connectivity index (χ3v) is 3.60. The molecule has 2 atom stereocenters. The van der Waals surface area contributed by atoms with Crippen molar-refractivity contribution in [1.29, 1.82) is 0 Å². The van der Waals surface area contributed by atoms with E-state index in [1.807, 2.05) is 0 Å². The molecular formula is C14H20F2N2O. The summed E-state index contributed by atoms with van der Waals surface area (Å²) in [7, 11) is 1.74. The number of halogens is 2. The van der Waals surface area contributed by atoms with Gasteiger partial charge in [-0.1, -0.05) is 6.92 Å². The highest BCUT2D eigenvalue weighted by Gasteiger charge is 2.29. The van der Waals surface area contributed by atoms with Crippen LogP contribution in [-0.2, 0) is 4.74 Å². The number of rotatable bonds is 4. The average Bonchev–Trinajstić information content (AvgIpc) is 2.44. The third kappa shape index (κ3) is 3.29. The molecule has 1 saturated heterocycles. The highest BCUT2D eigenvalue weighted by molar-refractivity contribution is 5.23. The minimum absolute atomic E-state index is 0.171. The Labute approximate surface area is 112 Å². The molecule has 0 radical (unpaired) electrons. The zero-order valence-corrected chi connectivity index (χ0v) is 11.3. The molecule has 3 nitrogen and oxygen atoms in total. The van der Waals surface area contributed by atoms with Crippen molar-refractivity contribution in [3.8, 4) is 0 Å². The summed E-state index contributed by atoms with van der Waals surface area (Å²) in [5.74, 6) is -0.835. The van der Waals surface area contributed by atoms with E-state index in [0.29, 0.717) is 12.2 Å². The molecule has 2 unspecified atom stereocenters. The predicted octanol–water partition coefficient (Wildman–Crippen LogP) is 1.95. The second-order valence-electron chi connectivity index (χ2n) is 4.73. The van der Waals surface area contributed by atoms with Gasteiger partial charge in [-0.3, -0.25) is 4.90 Å². The molecule has 0 bridgehead atoms. The fraction of sp³-hybridized carbons (Fsp3) is 0.571. The fourth-order valence-corrected chi connectivity index (χ4v) is 2.52. The minimum Gasteiger partial charge on any atom is -0.374 e. The molecule has 0 aliphatic carbocycles. The smallest absolute Gasteiger partial charge is 0.128 e. The maximum atomic E-state index is 13.9. The van der Waals surface area contributed by atoms with Gasteiger partial charge in [0.25, 0.3) is 0 Å². The van der Waals surface area contributed by atoms with Crippen LogP contribution in [-0.4, -0.2) is 44.3 Å². The van der Waals surface area contributed by atoms with Gasteiger partial charge in [0.15, 0.2) is 0 Å². The maximum Gasteiger partial charge on any atom is 0.128 e. The Morgan fingerprint density at radius 1 is 1.47 bits per heavy atom. The molecule has 5 heteroatoms. The molecule has 19 heavy (non-hydrogen) atoms. The van der Waals surface area contributed by atoms with Gasteiger partial charge in [0, 0.05) is 18.7 Å². The van der Waals surface area contributed by atoms with E-state index in [1.165, 1.54) is 6.07 Å². The van der Waals surface area contributed by atoms with Crippen molar-refractivity contribution in [3.05, 3.63) is 35.4 Å². The lowest BCUT2D eigenvalue weighted by Gasteiger charge is -2.36. The fourth-order valence-electron chi connectivity index (χ4n) is 2.52. The lowest BCUT2D eigenvalue weighted by molar-refractivity contribution is -0.0449. The van der Waals surface area contributed by atoms with Gasteiger partial charge in [0.2, 0.25) is 0 Å². The largest absolute Gasteiger partial charge is 0.374 e. The zero-order valence-electron chi connectivity index (χ0n) is 11.3. The molecule has 1 fully saturated rings. The van der Waals surface area contributed by atoms with E-state index in [-0.39, 0.29) is 12.1 Å². The summed E-state index contributed by atoms with van der Waals surface area (Å²) in [6.45, 7) is 5.24. The first-order chi connectivity index (χ1) is 9.15. The summed E-state index contributed by atoms with van der Waals surface area (Å²) in [6, 6.07) is 3.19. The summed E-state index contributed by atoms with van der Waals surface area (Å²) in [5, 5.41) is 3.04. The molecule has 1 heterocycles. The van der Waals surface area contributed by atoms with Gasteiger partial charge in [-0.05, 0) is 31.8 Å². The molecule has 0 spiro atoms. The second-order valence-corrected chi connectivity index (χ2v) is 4.73. The van der Waals surface area contributed by atoms with E-state index in [1.54, 1.807) is 7.05 Å². The van der Waals surface area contributed by atoms with Crippen LogP contribution in [0.4, 0.5) is 8.78 Å². The van der Waals surface area contributed by atoms with E-state index in [4.69, 9.17) is 4.74 Å². The van der Waals surface area contributed by atoms with E-state index >= 15 is 0 Å². The Kier molecular flexibility index (Phi) is 4.85. The van der Waals surface area contributed by atoms with Gasteiger partial charge in [-0.2, -0.15) is 0 Å². The van der Waals surface area contributed by atoms with Crippen LogP contribution in [0, 0.1) is 11.6 Å². The molecule has 2 rings (SSSR count). The van der Waals surface area contributed by atoms with Crippen molar-refractivity contribution in [2.45, 2.75) is 19.1 Å². The monoisotopic (exact) mass is 270 g/mol. The molecule has 0 saturated carbocycles. The zero-order chi connectivity index (χ0) is 13.8. The molecule has 1 aromatic rings. The third-order valence-electron chi connectivity index (χ3n) is 3.60. The maximum absolute atomic E-state index is 13.9. The van der Waals surface area contributed by atoms with Gasteiger partial charge in [0.1, 0.15) is 11.6 Å². The number of ether oxygens (including phenoxy) is 1. The van der Waals surface area contributed by atoms with Crippen LogP contribution < -0.4 is 5.32 Å². The van der Waals surface area contributed by atoms with Gasteiger partial charge in [-0.15, -0.1) is 0 Å². The van der Waals surface area contributed by atoms with Crippen LogP contribution in [0.15, 0.2) is 18.2 Å². The standard InChI is InChI=1S/C14H20F2N2O/c1-3-18-6-7-19-13(9-18)14(17-2)11-8-10(15)4-5-12(11)16/h4-5,8,13-14,17H,3,6-7,9H2,1-2H3. The summed E-state index contributed by atoms with van der Waals surface area (Å²) >= 11 is 0. The lowest BCUT2D eigenvalue weighted by atomic mass is 9.99. The van der Waals surface area contributed by atoms with Crippen molar-refractivity contribution in [3.63, 3.8) is 0 Å². The minimum atomic E-state index is -0.431. The Morgan fingerprint density at radius 3 is 2.95 bits per heavy atom. The van der Waals surface area contributed by atoms with Gasteiger partial charge >= 0.3 is 0 Å². The van der Waals surface area contributed by atoms with E-state index in [9.17, 15) is 8.78 Å². The van der Waals surface area contributed by atoms with Gasteiger partial charge in [0.05, 0.1) is 18.8 Å². The quantitative estimate of drug-likeness (QED) is 0.905. The molecule has 0 aromatic heterocycles. The lowest BCUT2D eigenvalue weighted by Crippen LogP contribution is -2.47. The highest BCUT2D eigenvalue weighted by Crippen LogP contribution is 2.25. The second kappa shape index (κ2) is 6.41. The summed E-state index contributed by atoms with van der Waals surface area (Å²) in [6.07, 6.45) is -0.171. The van der Waals surface area contributed by atoms with Crippen LogP contribution >= 0.6 is 0 Å². The van der Waals surface area contributed by atoms with Crippen LogP contribution in [0.1, 0.15) is 18.5 Å². The number of hydrogen-bond acceptors (Lipinski definition) is 3. The van der Waals surface area contributed by atoms with Crippen molar-refractivity contribution in [1.82, 2.24) is 10.2 Å². The summed E-state index contributed by atoms with van der Waals surface area (Å²) in [5.41, 5.74) is 0.324. The molecule has 1 aliphatic rings. The van der Waals surface area contributed by atoms with Crippen molar-refractivity contribution in [2.75, 3.05) is 33.3 Å². The number of likely N-dealkylation sites (N-methyl/N-ethyl adjacent to an activating group) is 2. The Balaban J connectivity index is 2.21. The highest BCUT2D eigenvalue weighted by atomic mass is 19.1. The Hall–Kier alpha value is -1.04. The summed E-state index contributed by atoms with van der Waals surface area (Å²) in [4.78, 5) is 2.25. The predicted molar refractivity (Wildman–Crippen MR) is 70.0 cm³/mol. The SMILES string of the molecule is CCN1CCOC(C(NC)c2cc(F)ccc2F)C1. The van der Waals surface area contributed by atoms with Crippen molar-refractivity contribution in [2.24, 2.45) is 0 Å². The van der Waals surface area contributed by atoms with Crippen LogP contribution in [0.5, 0.6) is 0 Å². The van der Waals surface area contributed by atoms with Gasteiger partial charge in [-0.25, -0.2) is 8.78 Å². The van der Waals surface area contributed by atoms with Crippen LogP contribution in [0.25, 0.3) is 0 Å². The first-order valence-corrected chi connectivity index (χ1v) is 6.62. The van der Waals surface area contributed by atoms with E-state index in [0.717, 1.165) is 31.8 Å². The first kappa shape index (κ1) is 14.4. The summed E-state index contributed by atoms with van der Waals surface area (Å²) < 4.78 is 32.9. The molecular weight excluding hydrogens is 250 g/mol. The van der Waals surface area contributed by atoms with Gasteiger partial charge < -0.3 is 10.1 Å². The topological polar surface area (TPSA) is 24.5 Å². The molecule has 0 amide bonds. The number of morpholine rings is 1. The Morgan fingerprint density at radius 2 is 2.26 bits per heavy atom. The molecule has 1 aliphatic heterocycles. The number of hydrogen-bond donors (Lipinski definition) is 1. The normalized spacial score (nSPS) is 22.4. The Bertz CT molecular complexity index is 428. The van der Waals surface area contributed by atoms with Crippen molar-refractivity contribution < 1.29 is 13.5 Å². The molecule has 1 aromatic carbocycles. The average molecular weight is 270 g/mol. The van der Waals surface area contributed by atoms with Crippen molar-refractivity contribution >= 4 is 0 Å². The number of nitrogens with one attached hydrogen (secondary N) is 1. The molecule has 1 N–H and O–H groups in total. The van der Waals surface area contributed by atoms with Crippen LogP contribution in [0.2, 0.25) is 0 Å².